The fourth-order valence-electron chi connectivity index (χ4n) is 1.84. The Kier molecular flexibility index (Phi) is 2.73. The summed E-state index contributed by atoms with van der Waals surface area (Å²) >= 11 is 0. The van der Waals surface area contributed by atoms with Gasteiger partial charge in [0.05, 0.1) is 11.6 Å². The fourth-order valence-corrected chi connectivity index (χ4v) is 1.84. The normalized spacial score (nSPS) is 10.6. The predicted octanol–water partition coefficient (Wildman–Crippen LogP) is 1.69. The van der Waals surface area contributed by atoms with E-state index >= 15 is 0 Å². The van der Waals surface area contributed by atoms with Crippen molar-refractivity contribution < 1.29 is 0 Å². The first-order chi connectivity index (χ1) is 9.28. The van der Waals surface area contributed by atoms with E-state index in [1.54, 1.807) is 6.20 Å². The molecule has 0 unspecified atom stereocenters. The SMILES string of the molecule is Cc1ccccc1Nc1nc(NN)nc2[nH]ncc12. The van der Waals surface area contributed by atoms with Gasteiger partial charge in [-0.3, -0.25) is 10.5 Å². The van der Waals surface area contributed by atoms with Gasteiger partial charge in [0.2, 0.25) is 5.95 Å². The molecule has 0 atom stereocenters. The monoisotopic (exact) mass is 255 g/mol. The topological polar surface area (TPSA) is 105 Å². The Morgan fingerprint density at radius 3 is 2.84 bits per heavy atom. The predicted molar refractivity (Wildman–Crippen MR) is 74.0 cm³/mol. The summed E-state index contributed by atoms with van der Waals surface area (Å²) in [4.78, 5) is 8.48. The van der Waals surface area contributed by atoms with E-state index in [4.69, 9.17) is 5.84 Å². The lowest BCUT2D eigenvalue weighted by Gasteiger charge is -2.10. The number of para-hydroxylation sites is 1. The van der Waals surface area contributed by atoms with E-state index in [9.17, 15) is 0 Å². The smallest absolute Gasteiger partial charge is 0.241 e. The van der Waals surface area contributed by atoms with E-state index in [1.807, 2.05) is 31.2 Å². The number of nitrogens with two attached hydrogens (primary N) is 1. The summed E-state index contributed by atoms with van der Waals surface area (Å²) in [5.41, 5.74) is 5.17. The Hall–Kier alpha value is -2.67. The van der Waals surface area contributed by atoms with Gasteiger partial charge in [0.25, 0.3) is 0 Å². The number of H-pyrrole nitrogens is 1. The number of rotatable bonds is 3. The summed E-state index contributed by atoms with van der Waals surface area (Å²) in [7, 11) is 0. The quantitative estimate of drug-likeness (QED) is 0.419. The van der Waals surface area contributed by atoms with Gasteiger partial charge in [0.15, 0.2) is 5.65 Å². The van der Waals surface area contributed by atoms with Gasteiger partial charge in [-0.2, -0.15) is 15.1 Å². The summed E-state index contributed by atoms with van der Waals surface area (Å²) in [6.45, 7) is 2.03. The number of aromatic nitrogens is 4. The number of nitrogens with one attached hydrogen (secondary N) is 3. The van der Waals surface area contributed by atoms with E-state index in [-0.39, 0.29) is 0 Å². The van der Waals surface area contributed by atoms with Gasteiger partial charge in [-0.25, -0.2) is 5.84 Å². The van der Waals surface area contributed by atoms with Crippen LogP contribution in [0, 0.1) is 6.92 Å². The molecule has 0 saturated carbocycles. The Labute approximate surface area is 109 Å². The van der Waals surface area contributed by atoms with Crippen LogP contribution in [0.1, 0.15) is 5.56 Å². The first kappa shape index (κ1) is 11.4. The lowest BCUT2D eigenvalue weighted by molar-refractivity contribution is 1.08. The van der Waals surface area contributed by atoms with Crippen molar-refractivity contribution in [3.8, 4) is 0 Å². The second-order valence-electron chi connectivity index (χ2n) is 4.11. The van der Waals surface area contributed by atoms with Gasteiger partial charge < -0.3 is 5.32 Å². The molecule has 2 aromatic heterocycles. The van der Waals surface area contributed by atoms with Crippen LogP contribution >= 0.6 is 0 Å². The van der Waals surface area contributed by atoms with Crippen molar-refractivity contribution >= 4 is 28.5 Å². The number of anilines is 3. The number of nitrogen functional groups attached to an aromatic ring is 1. The number of benzene rings is 1. The second kappa shape index (κ2) is 4.54. The van der Waals surface area contributed by atoms with E-state index in [1.165, 1.54) is 0 Å². The number of fused-ring (bicyclic) bond motifs is 1. The third-order valence-electron chi connectivity index (χ3n) is 2.84. The molecule has 0 amide bonds. The van der Waals surface area contributed by atoms with E-state index < -0.39 is 0 Å². The van der Waals surface area contributed by atoms with Crippen molar-refractivity contribution in [1.29, 1.82) is 0 Å². The molecule has 0 spiro atoms. The van der Waals surface area contributed by atoms with Crippen LogP contribution in [0.4, 0.5) is 17.5 Å². The zero-order chi connectivity index (χ0) is 13.2. The summed E-state index contributed by atoms with van der Waals surface area (Å²) < 4.78 is 0. The molecule has 0 saturated heterocycles. The van der Waals surface area contributed by atoms with Gasteiger partial charge >= 0.3 is 0 Å². The second-order valence-corrected chi connectivity index (χ2v) is 4.11. The molecule has 19 heavy (non-hydrogen) atoms. The first-order valence-corrected chi connectivity index (χ1v) is 5.78. The molecule has 0 aliphatic rings. The average Bonchev–Trinajstić information content (AvgIpc) is 2.89. The van der Waals surface area contributed by atoms with Crippen molar-refractivity contribution in [3.05, 3.63) is 36.0 Å². The minimum atomic E-state index is 0.327. The average molecular weight is 255 g/mol. The van der Waals surface area contributed by atoms with Gasteiger partial charge in [-0.15, -0.1) is 0 Å². The number of hydrazine groups is 1. The Morgan fingerprint density at radius 2 is 2.05 bits per heavy atom. The summed E-state index contributed by atoms with van der Waals surface area (Å²) in [6.07, 6.45) is 1.68. The molecular formula is C12H13N7. The van der Waals surface area contributed by atoms with Gasteiger partial charge in [-0.1, -0.05) is 18.2 Å². The zero-order valence-electron chi connectivity index (χ0n) is 10.3. The standard InChI is InChI=1S/C12H13N7/c1-7-4-2-3-5-9(7)15-10-8-6-14-19-11(8)17-12(16-10)18-13/h2-6H,13H2,1H3,(H3,14,15,16,17,18,19). The number of aryl methyl sites for hydroxylation is 1. The lowest BCUT2D eigenvalue weighted by atomic mass is 10.2. The minimum Gasteiger partial charge on any atom is -0.339 e. The largest absolute Gasteiger partial charge is 0.339 e. The summed E-state index contributed by atoms with van der Waals surface area (Å²) in [6, 6.07) is 7.96. The Morgan fingerprint density at radius 1 is 1.21 bits per heavy atom. The van der Waals surface area contributed by atoms with Gasteiger partial charge in [-0.05, 0) is 18.6 Å². The van der Waals surface area contributed by atoms with Crippen LogP contribution in [0.5, 0.6) is 0 Å². The molecule has 3 rings (SSSR count). The maximum atomic E-state index is 5.36. The highest BCUT2D eigenvalue weighted by molar-refractivity contribution is 5.89. The molecule has 96 valence electrons. The van der Waals surface area contributed by atoms with Gasteiger partial charge in [0.1, 0.15) is 5.82 Å². The maximum absolute atomic E-state index is 5.36. The van der Waals surface area contributed by atoms with Crippen molar-refractivity contribution in [2.75, 3.05) is 10.7 Å². The van der Waals surface area contributed by atoms with Crippen molar-refractivity contribution in [1.82, 2.24) is 20.2 Å². The molecular weight excluding hydrogens is 242 g/mol. The van der Waals surface area contributed by atoms with Crippen LogP contribution in [0.2, 0.25) is 0 Å². The number of hydrogen-bond acceptors (Lipinski definition) is 6. The van der Waals surface area contributed by atoms with Crippen LogP contribution < -0.4 is 16.6 Å². The Bertz CT molecular complexity index is 719. The van der Waals surface area contributed by atoms with Crippen LogP contribution in [0.3, 0.4) is 0 Å². The molecule has 0 bridgehead atoms. The van der Waals surface area contributed by atoms with Gasteiger partial charge in [0, 0.05) is 5.69 Å². The first-order valence-electron chi connectivity index (χ1n) is 5.78. The molecule has 5 N–H and O–H groups in total. The third-order valence-corrected chi connectivity index (χ3v) is 2.84. The van der Waals surface area contributed by atoms with Crippen molar-refractivity contribution in [3.63, 3.8) is 0 Å². The highest BCUT2D eigenvalue weighted by atomic mass is 15.3. The minimum absolute atomic E-state index is 0.327. The zero-order valence-corrected chi connectivity index (χ0v) is 10.3. The molecule has 2 heterocycles. The molecule has 0 aliphatic heterocycles. The van der Waals surface area contributed by atoms with E-state index in [0.29, 0.717) is 17.4 Å². The maximum Gasteiger partial charge on any atom is 0.241 e. The molecule has 7 heteroatoms. The number of nitrogens with zero attached hydrogens (tertiary/aromatic N) is 3. The van der Waals surface area contributed by atoms with Crippen molar-refractivity contribution in [2.24, 2.45) is 5.84 Å². The molecule has 7 nitrogen and oxygen atoms in total. The fraction of sp³-hybridized carbons (Fsp3) is 0.0833. The van der Waals surface area contributed by atoms with Crippen molar-refractivity contribution in [2.45, 2.75) is 6.92 Å². The van der Waals surface area contributed by atoms with Crippen LogP contribution in [-0.2, 0) is 0 Å². The summed E-state index contributed by atoms with van der Waals surface area (Å²) in [5, 5.41) is 10.8. The number of hydrogen-bond donors (Lipinski definition) is 4. The third kappa shape index (κ3) is 2.06. The molecule has 1 aromatic carbocycles. The van der Waals surface area contributed by atoms with Crippen LogP contribution in [0.15, 0.2) is 30.5 Å². The van der Waals surface area contributed by atoms with E-state index in [2.05, 4.69) is 30.9 Å². The Balaban J connectivity index is 2.09. The van der Waals surface area contributed by atoms with Crippen LogP contribution in [0.25, 0.3) is 11.0 Å². The highest BCUT2D eigenvalue weighted by Gasteiger charge is 2.09. The van der Waals surface area contributed by atoms with E-state index in [0.717, 1.165) is 16.6 Å². The summed E-state index contributed by atoms with van der Waals surface area (Å²) in [5.74, 6) is 6.35. The molecule has 0 radical (unpaired) electrons. The van der Waals surface area contributed by atoms with Crippen LogP contribution in [-0.4, -0.2) is 20.2 Å². The highest BCUT2D eigenvalue weighted by Crippen LogP contribution is 2.25. The molecule has 0 aliphatic carbocycles. The molecule has 0 fully saturated rings. The lowest BCUT2D eigenvalue weighted by Crippen LogP contribution is -2.11. The number of aromatic amines is 1. The molecule has 3 aromatic rings.